The van der Waals surface area contributed by atoms with Crippen LogP contribution in [0.5, 0.6) is 0 Å². The van der Waals surface area contributed by atoms with Gasteiger partial charge in [0.1, 0.15) is 0 Å². The van der Waals surface area contributed by atoms with Crippen molar-refractivity contribution in [1.82, 2.24) is 0 Å². The lowest BCUT2D eigenvalue weighted by molar-refractivity contribution is 0.588. The van der Waals surface area contributed by atoms with Crippen molar-refractivity contribution in [3.8, 4) is 0 Å². The molecule has 68 valence electrons. The Labute approximate surface area is 76.7 Å². The number of hydrogen-bond donors (Lipinski definition) is 0. The number of allylic oxidation sites excluding steroid dienone is 5. The van der Waals surface area contributed by atoms with Gasteiger partial charge in [0, 0.05) is 0 Å². The Morgan fingerprint density at radius 3 is 2.50 bits per heavy atom. The Kier molecular flexibility index (Phi) is 6.45. The molecule has 0 atom stereocenters. The lowest BCUT2D eigenvalue weighted by Crippen LogP contribution is -1.87. The second-order valence-corrected chi connectivity index (χ2v) is 3.40. The number of hydrogen-bond acceptors (Lipinski definition) is 0. The third-order valence-electron chi connectivity index (χ3n) is 1.78. The SMILES string of the molecule is C=C/C(=C\C=C/C)CCC(C)C. The van der Waals surface area contributed by atoms with Crippen molar-refractivity contribution in [2.75, 3.05) is 0 Å². The van der Waals surface area contributed by atoms with Crippen LogP contribution in [0.15, 0.2) is 36.5 Å². The predicted molar refractivity (Wildman–Crippen MR) is 57.2 cm³/mol. The van der Waals surface area contributed by atoms with Crippen LogP contribution in [0.2, 0.25) is 0 Å². The highest BCUT2D eigenvalue weighted by Gasteiger charge is 1.95. The Morgan fingerprint density at radius 1 is 1.42 bits per heavy atom. The standard InChI is InChI=1S/C12H20/c1-5-7-8-12(6-2)10-9-11(3)4/h5-8,11H,2,9-10H2,1,3-4H3/b7-5-,12-8+. The monoisotopic (exact) mass is 164 g/mol. The van der Waals surface area contributed by atoms with E-state index in [1.54, 1.807) is 0 Å². The molecule has 0 aromatic heterocycles. The van der Waals surface area contributed by atoms with E-state index in [1.165, 1.54) is 12.0 Å². The molecule has 12 heavy (non-hydrogen) atoms. The van der Waals surface area contributed by atoms with E-state index in [0.29, 0.717) is 0 Å². The van der Waals surface area contributed by atoms with E-state index in [9.17, 15) is 0 Å². The highest BCUT2D eigenvalue weighted by molar-refractivity contribution is 5.21. The van der Waals surface area contributed by atoms with E-state index in [2.05, 4.69) is 32.6 Å². The van der Waals surface area contributed by atoms with Gasteiger partial charge in [-0.15, -0.1) is 0 Å². The van der Waals surface area contributed by atoms with Gasteiger partial charge >= 0.3 is 0 Å². The second kappa shape index (κ2) is 6.90. The molecule has 0 aromatic rings. The van der Waals surface area contributed by atoms with Gasteiger partial charge in [0.15, 0.2) is 0 Å². The summed E-state index contributed by atoms with van der Waals surface area (Å²) >= 11 is 0. The fraction of sp³-hybridized carbons (Fsp3) is 0.500. The van der Waals surface area contributed by atoms with Crippen LogP contribution in [0.3, 0.4) is 0 Å². The summed E-state index contributed by atoms with van der Waals surface area (Å²) < 4.78 is 0. The van der Waals surface area contributed by atoms with Crippen molar-refractivity contribution in [1.29, 1.82) is 0 Å². The van der Waals surface area contributed by atoms with Gasteiger partial charge in [-0.2, -0.15) is 0 Å². The minimum absolute atomic E-state index is 0.777. The molecule has 0 aromatic carbocycles. The molecular weight excluding hydrogens is 144 g/mol. The lowest BCUT2D eigenvalue weighted by atomic mass is 10.0. The zero-order valence-electron chi connectivity index (χ0n) is 8.51. The molecule has 0 amide bonds. The van der Waals surface area contributed by atoms with Gasteiger partial charge in [0.25, 0.3) is 0 Å². The predicted octanol–water partition coefficient (Wildman–Crippen LogP) is 4.11. The maximum atomic E-state index is 3.79. The first-order chi connectivity index (χ1) is 5.70. The summed E-state index contributed by atoms with van der Waals surface area (Å²) in [5.74, 6) is 0.777. The summed E-state index contributed by atoms with van der Waals surface area (Å²) in [4.78, 5) is 0. The first-order valence-corrected chi connectivity index (χ1v) is 4.65. The average Bonchev–Trinajstić information content (AvgIpc) is 2.05. The van der Waals surface area contributed by atoms with Crippen LogP contribution in [0.25, 0.3) is 0 Å². The second-order valence-electron chi connectivity index (χ2n) is 3.40. The van der Waals surface area contributed by atoms with Crippen molar-refractivity contribution >= 4 is 0 Å². The van der Waals surface area contributed by atoms with Crippen LogP contribution in [0, 0.1) is 5.92 Å². The molecule has 0 aliphatic carbocycles. The molecule has 0 bridgehead atoms. The van der Waals surface area contributed by atoms with E-state index < -0.39 is 0 Å². The van der Waals surface area contributed by atoms with Crippen molar-refractivity contribution in [2.45, 2.75) is 33.6 Å². The fourth-order valence-corrected chi connectivity index (χ4v) is 0.929. The first-order valence-electron chi connectivity index (χ1n) is 4.65. The van der Waals surface area contributed by atoms with Crippen LogP contribution in [0.1, 0.15) is 33.6 Å². The van der Waals surface area contributed by atoms with Gasteiger partial charge in [-0.1, -0.05) is 44.7 Å². The minimum Gasteiger partial charge on any atom is -0.0988 e. The van der Waals surface area contributed by atoms with Crippen LogP contribution < -0.4 is 0 Å². The molecule has 0 aliphatic rings. The smallest absolute Gasteiger partial charge is 0.0277 e. The van der Waals surface area contributed by atoms with E-state index in [-0.39, 0.29) is 0 Å². The summed E-state index contributed by atoms with van der Waals surface area (Å²) in [5.41, 5.74) is 1.34. The Morgan fingerprint density at radius 2 is 2.08 bits per heavy atom. The molecule has 0 saturated heterocycles. The van der Waals surface area contributed by atoms with Gasteiger partial charge in [-0.05, 0) is 31.3 Å². The summed E-state index contributed by atoms with van der Waals surface area (Å²) in [6, 6.07) is 0. The zero-order valence-corrected chi connectivity index (χ0v) is 8.51. The molecule has 0 N–H and O–H groups in total. The molecule has 0 spiro atoms. The van der Waals surface area contributed by atoms with Crippen LogP contribution in [-0.4, -0.2) is 0 Å². The third kappa shape index (κ3) is 5.96. The van der Waals surface area contributed by atoms with Crippen LogP contribution >= 0.6 is 0 Å². The zero-order chi connectivity index (χ0) is 9.40. The highest BCUT2D eigenvalue weighted by atomic mass is 14.0. The molecule has 0 unspecified atom stereocenters. The van der Waals surface area contributed by atoms with Gasteiger partial charge in [0.05, 0.1) is 0 Å². The molecular formula is C12H20. The van der Waals surface area contributed by atoms with Crippen molar-refractivity contribution in [3.63, 3.8) is 0 Å². The molecule has 0 heterocycles. The molecule has 0 radical (unpaired) electrons. The number of rotatable bonds is 5. The normalized spacial score (nSPS) is 12.8. The maximum absolute atomic E-state index is 3.79. The van der Waals surface area contributed by atoms with E-state index in [4.69, 9.17) is 0 Å². The minimum atomic E-state index is 0.777. The van der Waals surface area contributed by atoms with Crippen molar-refractivity contribution < 1.29 is 0 Å². The summed E-state index contributed by atoms with van der Waals surface area (Å²) in [6.45, 7) is 10.3. The largest absolute Gasteiger partial charge is 0.0988 e. The van der Waals surface area contributed by atoms with E-state index >= 15 is 0 Å². The molecule has 0 fully saturated rings. The third-order valence-corrected chi connectivity index (χ3v) is 1.78. The lowest BCUT2D eigenvalue weighted by Gasteiger charge is -2.03. The maximum Gasteiger partial charge on any atom is -0.0277 e. The van der Waals surface area contributed by atoms with E-state index in [1.807, 2.05) is 19.1 Å². The van der Waals surface area contributed by atoms with Gasteiger partial charge in [0.2, 0.25) is 0 Å². The first kappa shape index (κ1) is 11.2. The molecule has 0 nitrogen and oxygen atoms in total. The van der Waals surface area contributed by atoms with Crippen molar-refractivity contribution in [3.05, 3.63) is 36.5 Å². The highest BCUT2D eigenvalue weighted by Crippen LogP contribution is 2.11. The van der Waals surface area contributed by atoms with E-state index in [0.717, 1.165) is 12.3 Å². The Bertz CT molecular complexity index is 170. The molecule has 0 saturated carbocycles. The van der Waals surface area contributed by atoms with Crippen LogP contribution in [-0.2, 0) is 0 Å². The summed E-state index contributed by atoms with van der Waals surface area (Å²) in [7, 11) is 0. The Hall–Kier alpha value is -0.780. The van der Waals surface area contributed by atoms with Gasteiger partial charge in [-0.25, -0.2) is 0 Å². The van der Waals surface area contributed by atoms with Gasteiger partial charge < -0.3 is 0 Å². The average molecular weight is 164 g/mol. The quantitative estimate of drug-likeness (QED) is 0.536. The summed E-state index contributed by atoms with van der Waals surface area (Å²) in [5, 5.41) is 0. The van der Waals surface area contributed by atoms with Crippen LogP contribution in [0.4, 0.5) is 0 Å². The van der Waals surface area contributed by atoms with Gasteiger partial charge in [-0.3, -0.25) is 0 Å². The molecule has 0 rings (SSSR count). The topological polar surface area (TPSA) is 0 Å². The molecule has 0 heteroatoms. The van der Waals surface area contributed by atoms with Crippen molar-refractivity contribution in [2.24, 2.45) is 5.92 Å². The molecule has 0 aliphatic heterocycles. The Balaban J connectivity index is 3.91. The fourth-order valence-electron chi connectivity index (χ4n) is 0.929. The summed E-state index contributed by atoms with van der Waals surface area (Å²) in [6.07, 6.45) is 10.6.